The van der Waals surface area contributed by atoms with Crippen molar-refractivity contribution in [2.45, 2.75) is 39.2 Å². The number of nitrogens with one attached hydrogen (secondary N) is 1. The van der Waals surface area contributed by atoms with Gasteiger partial charge in [0.05, 0.1) is 12.3 Å². The number of carbonyl (C=O) groups is 2. The Hall–Kier alpha value is -3.35. The Balaban J connectivity index is 1.31. The van der Waals surface area contributed by atoms with Crippen LogP contribution in [0.15, 0.2) is 47.6 Å². The highest BCUT2D eigenvalue weighted by atomic mass is 16.7. The number of ether oxygens (including phenoxy) is 2. The first-order valence-electron chi connectivity index (χ1n) is 10.2. The molecule has 0 aliphatic carbocycles. The quantitative estimate of drug-likeness (QED) is 0.765. The lowest BCUT2D eigenvalue weighted by molar-refractivity contribution is -0.132. The van der Waals surface area contributed by atoms with Gasteiger partial charge >= 0.3 is 0 Å². The number of amides is 2. The first kappa shape index (κ1) is 19.9. The van der Waals surface area contributed by atoms with Crippen molar-refractivity contribution in [3.8, 4) is 11.5 Å². The third kappa shape index (κ3) is 4.62. The van der Waals surface area contributed by atoms with Crippen molar-refractivity contribution >= 4 is 17.5 Å². The molecule has 2 aliphatic heterocycles. The minimum Gasteiger partial charge on any atom is -0.454 e. The van der Waals surface area contributed by atoms with E-state index in [1.807, 2.05) is 30.3 Å². The van der Waals surface area contributed by atoms with Crippen molar-refractivity contribution in [3.63, 3.8) is 0 Å². The molecule has 7 nitrogen and oxygen atoms in total. The van der Waals surface area contributed by atoms with Crippen LogP contribution in [0.1, 0.15) is 42.9 Å². The molecule has 4 rings (SSSR count). The first-order chi connectivity index (χ1) is 14.6. The number of nitrogens with zero attached hydrogens (tertiary/aromatic N) is 2. The van der Waals surface area contributed by atoms with Gasteiger partial charge in [0.2, 0.25) is 18.6 Å². The number of hydrazone groups is 1. The predicted octanol–water partition coefficient (Wildman–Crippen LogP) is 3.01. The van der Waals surface area contributed by atoms with E-state index < -0.39 is 0 Å². The van der Waals surface area contributed by atoms with Gasteiger partial charge in [-0.25, -0.2) is 5.01 Å². The summed E-state index contributed by atoms with van der Waals surface area (Å²) in [6, 6.07) is 13.8. The first-order valence-corrected chi connectivity index (χ1v) is 10.2. The maximum absolute atomic E-state index is 12.3. The van der Waals surface area contributed by atoms with Crippen molar-refractivity contribution in [1.82, 2.24) is 10.3 Å². The molecule has 2 amide bonds. The fourth-order valence-electron chi connectivity index (χ4n) is 3.46. The van der Waals surface area contributed by atoms with Crippen LogP contribution in [0.2, 0.25) is 0 Å². The Morgan fingerprint density at radius 1 is 1.07 bits per heavy atom. The van der Waals surface area contributed by atoms with E-state index in [0.717, 1.165) is 23.3 Å². The maximum atomic E-state index is 12.3. The van der Waals surface area contributed by atoms with Gasteiger partial charge in [-0.1, -0.05) is 37.3 Å². The number of benzene rings is 2. The second kappa shape index (κ2) is 8.98. The van der Waals surface area contributed by atoms with Gasteiger partial charge in [0.1, 0.15) is 0 Å². The summed E-state index contributed by atoms with van der Waals surface area (Å²) >= 11 is 0. The molecule has 2 aromatic carbocycles. The average molecular weight is 407 g/mol. The van der Waals surface area contributed by atoms with Crippen LogP contribution in [-0.2, 0) is 22.6 Å². The van der Waals surface area contributed by atoms with Crippen LogP contribution < -0.4 is 14.8 Å². The van der Waals surface area contributed by atoms with Crippen molar-refractivity contribution in [2.24, 2.45) is 5.10 Å². The minimum atomic E-state index is -0.130. The standard InChI is InChI=1S/C23H25N3O4/c1-2-16-3-6-18(7-4-16)19-8-10-23(28)26(25-19)12-11-22(27)24-14-17-5-9-20-21(13-17)30-15-29-20/h3-7,9,13H,2,8,10-12,14-15H2,1H3,(H,24,27). The number of rotatable bonds is 7. The highest BCUT2D eigenvalue weighted by Crippen LogP contribution is 2.32. The molecule has 2 aromatic rings. The van der Waals surface area contributed by atoms with E-state index in [4.69, 9.17) is 9.47 Å². The smallest absolute Gasteiger partial charge is 0.243 e. The Bertz CT molecular complexity index is 969. The Kier molecular flexibility index (Phi) is 5.97. The number of carbonyl (C=O) groups excluding carboxylic acids is 2. The topological polar surface area (TPSA) is 80.2 Å². The third-order valence-corrected chi connectivity index (χ3v) is 5.28. The Morgan fingerprint density at radius 2 is 1.83 bits per heavy atom. The van der Waals surface area contributed by atoms with Crippen molar-refractivity contribution < 1.29 is 19.1 Å². The summed E-state index contributed by atoms with van der Waals surface area (Å²) < 4.78 is 10.6. The number of aryl methyl sites for hydroxylation is 1. The van der Waals surface area contributed by atoms with E-state index in [-0.39, 0.29) is 31.6 Å². The van der Waals surface area contributed by atoms with Gasteiger partial charge in [-0.05, 0) is 35.2 Å². The molecule has 0 aromatic heterocycles. The molecule has 0 unspecified atom stereocenters. The van der Waals surface area contributed by atoms with Crippen LogP contribution in [-0.4, -0.2) is 35.9 Å². The monoisotopic (exact) mass is 407 g/mol. The second-order valence-corrected chi connectivity index (χ2v) is 7.33. The van der Waals surface area contributed by atoms with Crippen molar-refractivity contribution in [1.29, 1.82) is 0 Å². The molecule has 0 radical (unpaired) electrons. The van der Waals surface area contributed by atoms with Crippen LogP contribution in [0.4, 0.5) is 0 Å². The molecule has 0 atom stereocenters. The van der Waals surface area contributed by atoms with E-state index in [0.29, 0.717) is 30.9 Å². The molecule has 0 spiro atoms. The van der Waals surface area contributed by atoms with Gasteiger partial charge in [-0.2, -0.15) is 5.10 Å². The van der Waals surface area contributed by atoms with Gasteiger partial charge < -0.3 is 14.8 Å². The molecule has 1 N–H and O–H groups in total. The molecule has 7 heteroatoms. The SMILES string of the molecule is CCc1ccc(C2=NN(CCC(=O)NCc3ccc4c(c3)OCO4)C(=O)CC2)cc1. The molecule has 0 bridgehead atoms. The van der Waals surface area contributed by atoms with Gasteiger partial charge in [0.15, 0.2) is 11.5 Å². The molecule has 0 saturated carbocycles. The second-order valence-electron chi connectivity index (χ2n) is 7.33. The molecule has 156 valence electrons. The van der Waals surface area contributed by atoms with Gasteiger partial charge in [0, 0.05) is 25.8 Å². The zero-order valence-corrected chi connectivity index (χ0v) is 17.0. The summed E-state index contributed by atoms with van der Waals surface area (Å²) in [5, 5.41) is 8.81. The lowest BCUT2D eigenvalue weighted by Crippen LogP contribution is -2.35. The van der Waals surface area contributed by atoms with Gasteiger partial charge in [-0.15, -0.1) is 0 Å². The summed E-state index contributed by atoms with van der Waals surface area (Å²) in [4.78, 5) is 24.5. The normalized spacial score (nSPS) is 15.2. The highest BCUT2D eigenvalue weighted by Gasteiger charge is 2.22. The molecule has 2 aliphatic rings. The van der Waals surface area contributed by atoms with Crippen LogP contribution in [0.5, 0.6) is 11.5 Å². The van der Waals surface area contributed by atoms with Crippen molar-refractivity contribution in [3.05, 3.63) is 59.2 Å². The summed E-state index contributed by atoms with van der Waals surface area (Å²) in [7, 11) is 0. The Morgan fingerprint density at radius 3 is 2.63 bits per heavy atom. The summed E-state index contributed by atoms with van der Waals surface area (Å²) in [6.07, 6.45) is 2.21. The fourth-order valence-corrected chi connectivity index (χ4v) is 3.46. The van der Waals surface area contributed by atoms with Crippen LogP contribution in [0.25, 0.3) is 0 Å². The molecule has 0 fully saturated rings. The molecular formula is C23H25N3O4. The molecule has 30 heavy (non-hydrogen) atoms. The molecule has 2 heterocycles. The predicted molar refractivity (Wildman–Crippen MR) is 112 cm³/mol. The van der Waals surface area contributed by atoms with Gasteiger partial charge in [-0.3, -0.25) is 9.59 Å². The number of fused-ring (bicyclic) bond motifs is 1. The van der Waals surface area contributed by atoms with E-state index in [2.05, 4.69) is 29.5 Å². The fraction of sp³-hybridized carbons (Fsp3) is 0.348. The summed E-state index contributed by atoms with van der Waals surface area (Å²) in [5.74, 6) is 1.23. The van der Waals surface area contributed by atoms with Crippen LogP contribution in [0, 0.1) is 0 Å². The van der Waals surface area contributed by atoms with Crippen LogP contribution in [0.3, 0.4) is 0 Å². The lowest BCUT2D eigenvalue weighted by atomic mass is 10.0. The average Bonchev–Trinajstić information content (AvgIpc) is 3.25. The van der Waals surface area contributed by atoms with Crippen molar-refractivity contribution in [2.75, 3.05) is 13.3 Å². The van der Waals surface area contributed by atoms with Gasteiger partial charge in [0.25, 0.3) is 0 Å². The zero-order valence-electron chi connectivity index (χ0n) is 17.0. The van der Waals surface area contributed by atoms with E-state index >= 15 is 0 Å². The minimum absolute atomic E-state index is 0.0486. The molecule has 0 saturated heterocycles. The highest BCUT2D eigenvalue weighted by molar-refractivity contribution is 6.04. The van der Waals surface area contributed by atoms with E-state index in [1.54, 1.807) is 0 Å². The van der Waals surface area contributed by atoms with E-state index in [1.165, 1.54) is 10.6 Å². The summed E-state index contributed by atoms with van der Waals surface area (Å²) in [5.41, 5.74) is 4.11. The molecular weight excluding hydrogens is 382 g/mol. The number of hydrogen-bond acceptors (Lipinski definition) is 5. The Labute approximate surface area is 175 Å². The van der Waals surface area contributed by atoms with Crippen LogP contribution >= 0.6 is 0 Å². The summed E-state index contributed by atoms with van der Waals surface area (Å²) in [6.45, 7) is 3.00. The number of hydrogen-bond donors (Lipinski definition) is 1. The van der Waals surface area contributed by atoms with E-state index in [9.17, 15) is 9.59 Å². The largest absolute Gasteiger partial charge is 0.454 e. The third-order valence-electron chi connectivity index (χ3n) is 5.28. The maximum Gasteiger partial charge on any atom is 0.243 e. The zero-order chi connectivity index (χ0) is 20.9. The lowest BCUT2D eigenvalue weighted by Gasteiger charge is -2.23.